The Kier molecular flexibility index (Phi) is 3.97. The average Bonchev–Trinajstić information content (AvgIpc) is 3.04. The van der Waals surface area contributed by atoms with E-state index in [9.17, 15) is 0 Å². The predicted octanol–water partition coefficient (Wildman–Crippen LogP) is 6.44. The van der Waals surface area contributed by atoms with Crippen molar-refractivity contribution in [3.63, 3.8) is 0 Å². The summed E-state index contributed by atoms with van der Waals surface area (Å²) in [5, 5.41) is 1.08. The zero-order valence-electron chi connectivity index (χ0n) is 13.4. The number of aryl methyl sites for hydroxylation is 1. The Morgan fingerprint density at radius 3 is 2.25 bits per heavy atom. The molecule has 0 aliphatic rings. The SMILES string of the molecule is Cc1ccc2nc(-c3ccc(/C=C/c4ccccc4)cc3)sc2c1. The van der Waals surface area contributed by atoms with Crippen LogP contribution in [0.4, 0.5) is 0 Å². The van der Waals surface area contributed by atoms with Gasteiger partial charge in [-0.3, -0.25) is 0 Å². The summed E-state index contributed by atoms with van der Waals surface area (Å²) in [5.41, 5.74) is 5.93. The highest BCUT2D eigenvalue weighted by Crippen LogP contribution is 2.30. The Labute approximate surface area is 145 Å². The van der Waals surface area contributed by atoms with E-state index in [1.807, 2.05) is 6.07 Å². The molecule has 0 saturated heterocycles. The smallest absolute Gasteiger partial charge is 0.124 e. The number of thiazole rings is 1. The van der Waals surface area contributed by atoms with Crippen molar-refractivity contribution in [2.75, 3.05) is 0 Å². The minimum Gasteiger partial charge on any atom is -0.236 e. The third-order valence-electron chi connectivity index (χ3n) is 3.97. The molecule has 0 bridgehead atoms. The Hall–Kier alpha value is -2.71. The van der Waals surface area contributed by atoms with Crippen molar-refractivity contribution >= 4 is 33.7 Å². The van der Waals surface area contributed by atoms with E-state index in [4.69, 9.17) is 4.98 Å². The molecule has 0 aliphatic carbocycles. The second kappa shape index (κ2) is 6.42. The van der Waals surface area contributed by atoms with Crippen molar-refractivity contribution in [3.8, 4) is 10.6 Å². The Morgan fingerprint density at radius 2 is 1.50 bits per heavy atom. The van der Waals surface area contributed by atoms with Crippen LogP contribution >= 0.6 is 11.3 Å². The number of hydrogen-bond donors (Lipinski definition) is 0. The zero-order valence-corrected chi connectivity index (χ0v) is 14.3. The predicted molar refractivity (Wildman–Crippen MR) is 105 cm³/mol. The van der Waals surface area contributed by atoms with Gasteiger partial charge in [-0.15, -0.1) is 11.3 Å². The van der Waals surface area contributed by atoms with Gasteiger partial charge < -0.3 is 0 Å². The molecule has 0 aliphatic heterocycles. The minimum atomic E-state index is 1.08. The molecule has 0 spiro atoms. The fraction of sp³-hybridized carbons (Fsp3) is 0.0455. The number of fused-ring (bicyclic) bond motifs is 1. The van der Waals surface area contributed by atoms with Crippen LogP contribution in [0.25, 0.3) is 32.9 Å². The molecule has 4 rings (SSSR count). The Morgan fingerprint density at radius 1 is 0.792 bits per heavy atom. The van der Waals surface area contributed by atoms with Crippen LogP contribution in [0.15, 0.2) is 72.8 Å². The van der Waals surface area contributed by atoms with E-state index >= 15 is 0 Å². The summed E-state index contributed by atoms with van der Waals surface area (Å²) in [7, 11) is 0. The molecule has 1 aromatic heterocycles. The maximum absolute atomic E-state index is 4.75. The lowest BCUT2D eigenvalue weighted by Gasteiger charge is -1.98. The lowest BCUT2D eigenvalue weighted by Crippen LogP contribution is -1.77. The van der Waals surface area contributed by atoms with E-state index in [1.54, 1.807) is 11.3 Å². The van der Waals surface area contributed by atoms with Crippen LogP contribution in [0, 0.1) is 6.92 Å². The largest absolute Gasteiger partial charge is 0.236 e. The Balaban J connectivity index is 1.59. The van der Waals surface area contributed by atoms with Crippen molar-refractivity contribution in [1.82, 2.24) is 4.98 Å². The molecule has 0 saturated carbocycles. The monoisotopic (exact) mass is 327 g/mol. The summed E-state index contributed by atoms with van der Waals surface area (Å²) in [6, 6.07) is 25.4. The fourth-order valence-electron chi connectivity index (χ4n) is 2.65. The lowest BCUT2D eigenvalue weighted by atomic mass is 10.1. The van der Waals surface area contributed by atoms with Gasteiger partial charge in [0.2, 0.25) is 0 Å². The molecule has 1 nitrogen and oxygen atoms in total. The van der Waals surface area contributed by atoms with Gasteiger partial charge in [0.05, 0.1) is 10.2 Å². The third-order valence-corrected chi connectivity index (χ3v) is 5.04. The van der Waals surface area contributed by atoms with Gasteiger partial charge in [0.15, 0.2) is 0 Å². The Bertz CT molecular complexity index is 995. The van der Waals surface area contributed by atoms with E-state index in [0.29, 0.717) is 0 Å². The van der Waals surface area contributed by atoms with E-state index in [-0.39, 0.29) is 0 Å². The van der Waals surface area contributed by atoms with Gasteiger partial charge in [0.25, 0.3) is 0 Å². The quantitative estimate of drug-likeness (QED) is 0.394. The molecule has 0 fully saturated rings. The van der Waals surface area contributed by atoms with Crippen molar-refractivity contribution < 1.29 is 0 Å². The van der Waals surface area contributed by atoms with Crippen molar-refractivity contribution in [2.24, 2.45) is 0 Å². The van der Waals surface area contributed by atoms with Gasteiger partial charge >= 0.3 is 0 Å². The zero-order chi connectivity index (χ0) is 16.4. The molecular weight excluding hydrogens is 310 g/mol. The molecule has 1 heterocycles. The molecule has 3 aromatic carbocycles. The second-order valence-corrected chi connectivity index (χ2v) is 6.89. The lowest BCUT2D eigenvalue weighted by molar-refractivity contribution is 1.45. The molecule has 24 heavy (non-hydrogen) atoms. The van der Waals surface area contributed by atoms with E-state index in [1.165, 1.54) is 27.0 Å². The van der Waals surface area contributed by atoms with Gasteiger partial charge in [0.1, 0.15) is 5.01 Å². The summed E-state index contributed by atoms with van der Waals surface area (Å²) in [6.45, 7) is 2.12. The molecule has 116 valence electrons. The van der Waals surface area contributed by atoms with E-state index < -0.39 is 0 Å². The van der Waals surface area contributed by atoms with Crippen LogP contribution in [0.5, 0.6) is 0 Å². The summed E-state index contributed by atoms with van der Waals surface area (Å²) >= 11 is 1.75. The number of rotatable bonds is 3. The van der Waals surface area contributed by atoms with Crippen LogP contribution in [0.1, 0.15) is 16.7 Å². The summed E-state index contributed by atoms with van der Waals surface area (Å²) in [5.74, 6) is 0. The molecule has 2 heteroatoms. The van der Waals surface area contributed by atoms with Crippen LogP contribution in [0.2, 0.25) is 0 Å². The summed E-state index contributed by atoms with van der Waals surface area (Å²) in [6.07, 6.45) is 4.27. The molecule has 0 atom stereocenters. The number of hydrogen-bond acceptors (Lipinski definition) is 2. The third kappa shape index (κ3) is 3.15. The number of benzene rings is 3. The molecule has 0 amide bonds. The number of aromatic nitrogens is 1. The highest BCUT2D eigenvalue weighted by molar-refractivity contribution is 7.21. The molecule has 4 aromatic rings. The summed E-state index contributed by atoms with van der Waals surface area (Å²) < 4.78 is 1.25. The fourth-order valence-corrected chi connectivity index (χ4v) is 3.72. The molecule has 0 unspecified atom stereocenters. The second-order valence-electron chi connectivity index (χ2n) is 5.86. The standard InChI is InChI=1S/C22H17NS/c1-16-7-14-20-21(15-16)24-22(23-20)19-12-10-18(11-13-19)9-8-17-5-3-2-4-6-17/h2-15H,1H3/b9-8+. The van der Waals surface area contributed by atoms with Crippen molar-refractivity contribution in [3.05, 3.63) is 89.5 Å². The van der Waals surface area contributed by atoms with Crippen LogP contribution in [-0.2, 0) is 0 Å². The highest BCUT2D eigenvalue weighted by atomic mass is 32.1. The molecular formula is C22H17NS. The van der Waals surface area contributed by atoms with Crippen LogP contribution < -0.4 is 0 Å². The minimum absolute atomic E-state index is 1.08. The highest BCUT2D eigenvalue weighted by Gasteiger charge is 2.06. The van der Waals surface area contributed by atoms with E-state index in [0.717, 1.165) is 10.5 Å². The van der Waals surface area contributed by atoms with Gasteiger partial charge in [-0.25, -0.2) is 4.98 Å². The first-order chi connectivity index (χ1) is 11.8. The maximum atomic E-state index is 4.75. The molecule has 0 N–H and O–H groups in total. The first-order valence-electron chi connectivity index (χ1n) is 7.99. The summed E-state index contributed by atoms with van der Waals surface area (Å²) in [4.78, 5) is 4.75. The molecule has 0 radical (unpaired) electrons. The normalized spacial score (nSPS) is 11.4. The first kappa shape index (κ1) is 14.9. The van der Waals surface area contributed by atoms with Gasteiger partial charge in [-0.2, -0.15) is 0 Å². The van der Waals surface area contributed by atoms with Gasteiger partial charge in [0, 0.05) is 5.56 Å². The van der Waals surface area contributed by atoms with Crippen molar-refractivity contribution in [1.29, 1.82) is 0 Å². The number of nitrogens with zero attached hydrogens (tertiary/aromatic N) is 1. The average molecular weight is 327 g/mol. The maximum Gasteiger partial charge on any atom is 0.124 e. The van der Waals surface area contributed by atoms with Crippen molar-refractivity contribution in [2.45, 2.75) is 6.92 Å². The van der Waals surface area contributed by atoms with Crippen LogP contribution in [0.3, 0.4) is 0 Å². The van der Waals surface area contributed by atoms with Crippen LogP contribution in [-0.4, -0.2) is 4.98 Å². The van der Waals surface area contributed by atoms with E-state index in [2.05, 4.69) is 85.8 Å². The topological polar surface area (TPSA) is 12.9 Å². The van der Waals surface area contributed by atoms with Gasteiger partial charge in [-0.05, 0) is 35.7 Å². The first-order valence-corrected chi connectivity index (χ1v) is 8.80. The van der Waals surface area contributed by atoms with Gasteiger partial charge in [-0.1, -0.05) is 72.8 Å².